The van der Waals surface area contributed by atoms with Crippen molar-refractivity contribution in [2.24, 2.45) is 5.73 Å². The molecule has 0 atom stereocenters. The van der Waals surface area contributed by atoms with Gasteiger partial charge in [0.1, 0.15) is 0 Å². The third kappa shape index (κ3) is 4.31. The standard InChI is InChI=1S/C9H13F4NO/c1-2-3-4-6(14)5-7(15)9(12,13)8(10)11/h5,8H,2-4,14H2,1H3/b6-5-. The van der Waals surface area contributed by atoms with Crippen LogP contribution in [0.2, 0.25) is 0 Å². The van der Waals surface area contributed by atoms with Crippen molar-refractivity contribution >= 4 is 5.78 Å². The Balaban J connectivity index is 4.46. The first-order chi connectivity index (χ1) is 6.82. The van der Waals surface area contributed by atoms with E-state index in [1.165, 1.54) is 0 Å². The molecule has 0 rings (SSSR count). The van der Waals surface area contributed by atoms with Gasteiger partial charge in [-0.25, -0.2) is 8.78 Å². The zero-order chi connectivity index (χ0) is 12.1. The summed E-state index contributed by atoms with van der Waals surface area (Å²) in [6.07, 6.45) is -1.96. The summed E-state index contributed by atoms with van der Waals surface area (Å²) < 4.78 is 48.3. The van der Waals surface area contributed by atoms with E-state index in [1.807, 2.05) is 6.92 Å². The first-order valence-corrected chi connectivity index (χ1v) is 4.48. The maximum Gasteiger partial charge on any atom is 0.368 e. The summed E-state index contributed by atoms with van der Waals surface area (Å²) in [5, 5.41) is 0. The molecule has 0 heterocycles. The van der Waals surface area contributed by atoms with Crippen LogP contribution in [0.1, 0.15) is 26.2 Å². The molecule has 2 nitrogen and oxygen atoms in total. The predicted octanol–water partition coefficient (Wildman–Crippen LogP) is 2.49. The molecule has 2 N–H and O–H groups in total. The molecule has 0 aliphatic heterocycles. The number of hydrogen-bond acceptors (Lipinski definition) is 2. The van der Waals surface area contributed by atoms with Gasteiger partial charge in [-0.2, -0.15) is 8.78 Å². The van der Waals surface area contributed by atoms with E-state index in [9.17, 15) is 22.4 Å². The average molecular weight is 227 g/mol. The number of carbonyl (C=O) groups excluding carboxylic acids is 1. The number of nitrogens with two attached hydrogens (primary N) is 1. The minimum absolute atomic E-state index is 0.0952. The van der Waals surface area contributed by atoms with Crippen LogP contribution in [0.15, 0.2) is 11.8 Å². The van der Waals surface area contributed by atoms with Gasteiger partial charge < -0.3 is 5.73 Å². The lowest BCUT2D eigenvalue weighted by molar-refractivity contribution is -0.161. The quantitative estimate of drug-likeness (QED) is 0.559. The van der Waals surface area contributed by atoms with Crippen LogP contribution in [-0.4, -0.2) is 18.1 Å². The van der Waals surface area contributed by atoms with E-state index >= 15 is 0 Å². The van der Waals surface area contributed by atoms with Gasteiger partial charge in [0, 0.05) is 11.8 Å². The van der Waals surface area contributed by atoms with Gasteiger partial charge in [-0.05, 0) is 12.8 Å². The third-order valence-electron chi connectivity index (χ3n) is 1.74. The first-order valence-electron chi connectivity index (χ1n) is 4.48. The summed E-state index contributed by atoms with van der Waals surface area (Å²) in [5.74, 6) is -6.58. The van der Waals surface area contributed by atoms with E-state index in [1.54, 1.807) is 0 Å². The minimum atomic E-state index is -4.64. The van der Waals surface area contributed by atoms with Gasteiger partial charge in [-0.15, -0.1) is 0 Å². The fourth-order valence-electron chi connectivity index (χ4n) is 0.825. The summed E-state index contributed by atoms with van der Waals surface area (Å²) in [4.78, 5) is 10.7. The Morgan fingerprint density at radius 1 is 1.47 bits per heavy atom. The number of allylic oxidation sites excluding steroid dienone is 2. The van der Waals surface area contributed by atoms with Gasteiger partial charge in [0.05, 0.1) is 0 Å². The molecule has 0 saturated heterocycles. The van der Waals surface area contributed by atoms with Crippen molar-refractivity contribution in [3.8, 4) is 0 Å². The van der Waals surface area contributed by atoms with Gasteiger partial charge >= 0.3 is 12.3 Å². The summed E-state index contributed by atoms with van der Waals surface area (Å²) in [7, 11) is 0. The first kappa shape index (κ1) is 13.9. The summed E-state index contributed by atoms with van der Waals surface area (Å²) >= 11 is 0. The predicted molar refractivity (Wildman–Crippen MR) is 47.8 cm³/mol. The second-order valence-electron chi connectivity index (χ2n) is 3.11. The largest absolute Gasteiger partial charge is 0.402 e. The summed E-state index contributed by atoms with van der Waals surface area (Å²) in [5.41, 5.74) is 5.12. The molecule has 0 radical (unpaired) electrons. The van der Waals surface area contributed by atoms with E-state index in [-0.39, 0.29) is 12.1 Å². The second-order valence-corrected chi connectivity index (χ2v) is 3.11. The van der Waals surface area contributed by atoms with Crippen molar-refractivity contribution < 1.29 is 22.4 Å². The topological polar surface area (TPSA) is 43.1 Å². The lowest BCUT2D eigenvalue weighted by atomic mass is 10.1. The van der Waals surface area contributed by atoms with E-state index in [0.29, 0.717) is 12.5 Å². The van der Waals surface area contributed by atoms with Crippen LogP contribution < -0.4 is 5.73 Å². The van der Waals surface area contributed by atoms with Crippen molar-refractivity contribution in [3.63, 3.8) is 0 Å². The monoisotopic (exact) mass is 227 g/mol. The zero-order valence-corrected chi connectivity index (χ0v) is 8.27. The molecule has 88 valence electrons. The minimum Gasteiger partial charge on any atom is -0.402 e. The van der Waals surface area contributed by atoms with Gasteiger partial charge in [0.15, 0.2) is 0 Å². The molecule has 0 bridgehead atoms. The Kier molecular flexibility index (Phi) is 5.32. The van der Waals surface area contributed by atoms with Crippen LogP contribution in [0.3, 0.4) is 0 Å². The lowest BCUT2D eigenvalue weighted by Gasteiger charge is -2.11. The van der Waals surface area contributed by atoms with Crippen molar-refractivity contribution in [3.05, 3.63) is 11.8 Å². The van der Waals surface area contributed by atoms with Gasteiger partial charge in [-0.1, -0.05) is 13.3 Å². The molecular formula is C9H13F4NO. The fraction of sp³-hybridized carbons (Fsp3) is 0.667. The fourth-order valence-corrected chi connectivity index (χ4v) is 0.825. The Labute approximate surface area is 85.1 Å². The van der Waals surface area contributed by atoms with Gasteiger partial charge in [0.2, 0.25) is 5.78 Å². The normalized spacial score (nSPS) is 13.3. The van der Waals surface area contributed by atoms with E-state index < -0.39 is 18.1 Å². The smallest absolute Gasteiger partial charge is 0.368 e. The molecular weight excluding hydrogens is 214 g/mol. The van der Waals surface area contributed by atoms with Crippen LogP contribution in [0.5, 0.6) is 0 Å². The van der Waals surface area contributed by atoms with E-state index in [0.717, 1.165) is 6.42 Å². The zero-order valence-electron chi connectivity index (χ0n) is 8.27. The summed E-state index contributed by atoms with van der Waals surface area (Å²) in [6.45, 7) is 1.85. The number of alkyl halides is 4. The van der Waals surface area contributed by atoms with Crippen LogP contribution in [0.4, 0.5) is 17.6 Å². The highest BCUT2D eigenvalue weighted by atomic mass is 19.3. The highest BCUT2D eigenvalue weighted by Crippen LogP contribution is 2.24. The van der Waals surface area contributed by atoms with Gasteiger partial charge in [-0.3, -0.25) is 4.79 Å². The summed E-state index contributed by atoms with van der Waals surface area (Å²) in [6, 6.07) is 0. The lowest BCUT2D eigenvalue weighted by Crippen LogP contribution is -2.35. The highest BCUT2D eigenvalue weighted by molar-refractivity contribution is 5.96. The van der Waals surface area contributed by atoms with Crippen LogP contribution in [0, 0.1) is 0 Å². The van der Waals surface area contributed by atoms with Crippen molar-refractivity contribution in [2.45, 2.75) is 38.5 Å². The Morgan fingerprint density at radius 2 is 2.00 bits per heavy atom. The van der Waals surface area contributed by atoms with Crippen molar-refractivity contribution in [2.75, 3.05) is 0 Å². The molecule has 0 saturated carbocycles. The Morgan fingerprint density at radius 3 is 2.40 bits per heavy atom. The number of hydrogen-bond donors (Lipinski definition) is 1. The highest BCUT2D eigenvalue weighted by Gasteiger charge is 2.47. The van der Waals surface area contributed by atoms with Crippen LogP contribution >= 0.6 is 0 Å². The van der Waals surface area contributed by atoms with E-state index in [4.69, 9.17) is 5.73 Å². The number of ketones is 1. The maximum atomic E-state index is 12.4. The molecule has 15 heavy (non-hydrogen) atoms. The molecule has 0 fully saturated rings. The van der Waals surface area contributed by atoms with Crippen molar-refractivity contribution in [1.82, 2.24) is 0 Å². The Bertz CT molecular complexity index is 250. The van der Waals surface area contributed by atoms with Crippen LogP contribution in [0.25, 0.3) is 0 Å². The molecule has 0 aliphatic carbocycles. The molecule has 6 heteroatoms. The average Bonchev–Trinajstić information content (AvgIpc) is 2.14. The molecule has 0 spiro atoms. The SMILES string of the molecule is CCCC/C(N)=C/C(=O)C(F)(F)C(F)F. The Hall–Kier alpha value is -1.07. The molecule has 0 aromatic carbocycles. The number of rotatable bonds is 6. The molecule has 0 aromatic heterocycles. The molecule has 0 amide bonds. The van der Waals surface area contributed by atoms with Crippen molar-refractivity contribution in [1.29, 1.82) is 0 Å². The molecule has 0 aliphatic rings. The van der Waals surface area contributed by atoms with E-state index in [2.05, 4.69) is 0 Å². The number of carbonyl (C=O) groups is 1. The van der Waals surface area contributed by atoms with Gasteiger partial charge in [0.25, 0.3) is 0 Å². The molecule has 0 aromatic rings. The number of halogens is 4. The molecule has 0 unspecified atom stereocenters. The maximum absolute atomic E-state index is 12.4. The third-order valence-corrected chi connectivity index (χ3v) is 1.74. The number of unbranched alkanes of at least 4 members (excludes halogenated alkanes) is 1. The van der Waals surface area contributed by atoms with Crippen LogP contribution in [-0.2, 0) is 4.79 Å². The second kappa shape index (κ2) is 5.72.